The third kappa shape index (κ3) is 5.11. The summed E-state index contributed by atoms with van der Waals surface area (Å²) in [6.45, 7) is 4.35. The van der Waals surface area contributed by atoms with Gasteiger partial charge in [0.25, 0.3) is 0 Å². The number of carboxylic acid groups (broad SMARTS) is 1. The average molecular weight is 339 g/mol. The van der Waals surface area contributed by atoms with Gasteiger partial charge < -0.3 is 15.2 Å². The molecule has 0 spiro atoms. The lowest BCUT2D eigenvalue weighted by atomic mass is 10.0. The Morgan fingerprint density at radius 3 is 2.72 bits per heavy atom. The summed E-state index contributed by atoms with van der Waals surface area (Å²) in [7, 11) is 1.89. The molecule has 0 aromatic heterocycles. The summed E-state index contributed by atoms with van der Waals surface area (Å²) in [5, 5.41) is 12.2. The Morgan fingerprint density at radius 2 is 2.04 bits per heavy atom. The average Bonchev–Trinajstić information content (AvgIpc) is 2.62. The molecule has 0 saturated heterocycles. The molecule has 0 atom stereocenters. The number of hydrogen-bond acceptors (Lipinski definition) is 3. The van der Waals surface area contributed by atoms with Crippen molar-refractivity contribution in [3.05, 3.63) is 53.6 Å². The monoisotopic (exact) mass is 339 g/mol. The van der Waals surface area contributed by atoms with Gasteiger partial charge in [-0.15, -0.1) is 0 Å². The molecule has 2 N–H and O–H groups in total. The van der Waals surface area contributed by atoms with Crippen LogP contribution in [0.3, 0.4) is 0 Å². The third-order valence-corrected chi connectivity index (χ3v) is 3.94. The van der Waals surface area contributed by atoms with E-state index in [9.17, 15) is 4.79 Å². The Hall–Kier alpha value is -2.75. The number of ether oxygens (including phenoxy) is 1. The Labute approximate surface area is 149 Å². The number of hydrogen-bond donors (Lipinski definition) is 2. The van der Waals surface area contributed by atoms with E-state index in [0.717, 1.165) is 41.0 Å². The standard InChI is InChI=1S/C21H25NO3/c1-4-5-11-25-20-13-16(12-15(2)21(23)24)9-10-19(20)17-7-6-8-18(14-17)22-3/h6-10,12-14,22H,4-5,11H2,1-3H3,(H,23,24)/b15-12+. The zero-order valence-corrected chi connectivity index (χ0v) is 15.0. The Morgan fingerprint density at radius 1 is 1.24 bits per heavy atom. The first-order valence-corrected chi connectivity index (χ1v) is 8.51. The van der Waals surface area contributed by atoms with E-state index in [1.54, 1.807) is 13.0 Å². The maximum Gasteiger partial charge on any atom is 0.331 e. The SMILES string of the molecule is CCCCOc1cc(/C=C(\C)C(=O)O)ccc1-c1cccc(NC)c1. The largest absolute Gasteiger partial charge is 0.493 e. The summed E-state index contributed by atoms with van der Waals surface area (Å²) >= 11 is 0. The van der Waals surface area contributed by atoms with Gasteiger partial charge in [0.15, 0.2) is 0 Å². The fraction of sp³-hybridized carbons (Fsp3) is 0.286. The van der Waals surface area contributed by atoms with Gasteiger partial charge in [-0.25, -0.2) is 4.79 Å². The second-order valence-corrected chi connectivity index (χ2v) is 5.92. The normalized spacial score (nSPS) is 11.2. The fourth-order valence-electron chi connectivity index (χ4n) is 2.47. The minimum atomic E-state index is -0.917. The Kier molecular flexibility index (Phi) is 6.63. The third-order valence-electron chi connectivity index (χ3n) is 3.94. The van der Waals surface area contributed by atoms with Crippen molar-refractivity contribution in [1.29, 1.82) is 0 Å². The van der Waals surface area contributed by atoms with Gasteiger partial charge >= 0.3 is 5.97 Å². The Bertz CT molecular complexity index is 765. The van der Waals surface area contributed by atoms with E-state index >= 15 is 0 Å². The molecule has 4 nitrogen and oxygen atoms in total. The zero-order chi connectivity index (χ0) is 18.2. The van der Waals surface area contributed by atoms with Crippen molar-refractivity contribution in [2.45, 2.75) is 26.7 Å². The number of anilines is 1. The van der Waals surface area contributed by atoms with E-state index in [1.165, 1.54) is 0 Å². The van der Waals surface area contributed by atoms with E-state index < -0.39 is 5.97 Å². The van der Waals surface area contributed by atoms with Gasteiger partial charge in [0, 0.05) is 23.9 Å². The first-order chi connectivity index (χ1) is 12.0. The van der Waals surface area contributed by atoms with Crippen LogP contribution in [0.4, 0.5) is 5.69 Å². The highest BCUT2D eigenvalue weighted by atomic mass is 16.5. The van der Waals surface area contributed by atoms with Gasteiger partial charge in [-0.1, -0.05) is 37.6 Å². The topological polar surface area (TPSA) is 58.6 Å². The van der Waals surface area contributed by atoms with Crippen LogP contribution in [0.25, 0.3) is 17.2 Å². The van der Waals surface area contributed by atoms with E-state index in [-0.39, 0.29) is 0 Å². The molecule has 2 aromatic rings. The second kappa shape index (κ2) is 8.92. The summed E-state index contributed by atoms with van der Waals surface area (Å²) < 4.78 is 5.99. The maximum absolute atomic E-state index is 11.1. The van der Waals surface area contributed by atoms with Crippen molar-refractivity contribution in [2.24, 2.45) is 0 Å². The van der Waals surface area contributed by atoms with Crippen LogP contribution < -0.4 is 10.1 Å². The molecule has 0 bridgehead atoms. The van der Waals surface area contributed by atoms with Crippen LogP contribution in [0.2, 0.25) is 0 Å². The lowest BCUT2D eigenvalue weighted by Crippen LogP contribution is -1.99. The van der Waals surface area contributed by atoms with Crippen LogP contribution in [0.15, 0.2) is 48.0 Å². The lowest BCUT2D eigenvalue weighted by molar-refractivity contribution is -0.132. The summed E-state index contributed by atoms with van der Waals surface area (Å²) in [5.41, 5.74) is 4.20. The first kappa shape index (κ1) is 18.6. The summed E-state index contributed by atoms with van der Waals surface area (Å²) in [5.74, 6) is -0.145. The fourth-order valence-corrected chi connectivity index (χ4v) is 2.47. The molecular formula is C21H25NO3. The van der Waals surface area contributed by atoms with Gasteiger partial charge in [-0.3, -0.25) is 0 Å². The molecule has 0 amide bonds. The van der Waals surface area contributed by atoms with Gasteiger partial charge in [0.1, 0.15) is 5.75 Å². The number of carbonyl (C=O) groups is 1. The number of rotatable bonds is 8. The molecule has 2 aromatic carbocycles. The second-order valence-electron chi connectivity index (χ2n) is 5.92. The van der Waals surface area contributed by atoms with E-state index in [0.29, 0.717) is 12.2 Å². The van der Waals surface area contributed by atoms with Crippen LogP contribution in [-0.2, 0) is 4.79 Å². The molecule has 25 heavy (non-hydrogen) atoms. The molecule has 0 unspecified atom stereocenters. The van der Waals surface area contributed by atoms with Crippen molar-refractivity contribution >= 4 is 17.7 Å². The summed E-state index contributed by atoms with van der Waals surface area (Å²) in [6.07, 6.45) is 3.69. The van der Waals surface area contributed by atoms with E-state index in [4.69, 9.17) is 9.84 Å². The summed E-state index contributed by atoms with van der Waals surface area (Å²) in [6, 6.07) is 13.9. The molecule has 0 aliphatic heterocycles. The van der Waals surface area contributed by atoms with Gasteiger partial charge in [-0.05, 0) is 48.7 Å². The highest BCUT2D eigenvalue weighted by Gasteiger charge is 2.09. The molecule has 0 aliphatic rings. The van der Waals surface area contributed by atoms with Crippen molar-refractivity contribution < 1.29 is 14.6 Å². The van der Waals surface area contributed by atoms with Gasteiger partial charge in [0.2, 0.25) is 0 Å². The molecule has 0 radical (unpaired) electrons. The number of benzene rings is 2. The molecule has 0 saturated carbocycles. The molecule has 132 valence electrons. The number of carboxylic acids is 1. The quantitative estimate of drug-likeness (QED) is 0.521. The van der Waals surface area contributed by atoms with Gasteiger partial charge in [0.05, 0.1) is 6.61 Å². The van der Waals surface area contributed by atoms with Crippen LogP contribution in [-0.4, -0.2) is 24.7 Å². The molecule has 0 heterocycles. The Balaban J connectivity index is 2.43. The predicted molar refractivity (Wildman–Crippen MR) is 103 cm³/mol. The van der Waals surface area contributed by atoms with Crippen molar-refractivity contribution in [2.75, 3.05) is 19.0 Å². The first-order valence-electron chi connectivity index (χ1n) is 8.51. The molecule has 0 fully saturated rings. The van der Waals surface area contributed by atoms with Crippen molar-refractivity contribution in [3.63, 3.8) is 0 Å². The minimum Gasteiger partial charge on any atom is -0.493 e. The molecule has 0 aliphatic carbocycles. The van der Waals surface area contributed by atoms with Crippen LogP contribution in [0.5, 0.6) is 5.75 Å². The van der Waals surface area contributed by atoms with Crippen LogP contribution >= 0.6 is 0 Å². The van der Waals surface area contributed by atoms with Crippen LogP contribution in [0, 0.1) is 0 Å². The van der Waals surface area contributed by atoms with Crippen molar-refractivity contribution in [1.82, 2.24) is 0 Å². The highest BCUT2D eigenvalue weighted by Crippen LogP contribution is 2.33. The van der Waals surface area contributed by atoms with Gasteiger partial charge in [-0.2, -0.15) is 0 Å². The maximum atomic E-state index is 11.1. The molecular weight excluding hydrogens is 314 g/mol. The lowest BCUT2D eigenvalue weighted by Gasteiger charge is -2.14. The zero-order valence-electron chi connectivity index (χ0n) is 15.0. The van der Waals surface area contributed by atoms with Crippen LogP contribution in [0.1, 0.15) is 32.3 Å². The molecule has 2 rings (SSSR count). The predicted octanol–water partition coefficient (Wildman–Crippen LogP) is 5.06. The number of nitrogens with one attached hydrogen (secondary N) is 1. The minimum absolute atomic E-state index is 0.296. The summed E-state index contributed by atoms with van der Waals surface area (Å²) in [4.78, 5) is 11.1. The number of aliphatic carboxylic acids is 1. The highest BCUT2D eigenvalue weighted by molar-refractivity contribution is 5.91. The van der Waals surface area contributed by atoms with E-state index in [1.807, 2.05) is 43.4 Å². The van der Waals surface area contributed by atoms with E-state index in [2.05, 4.69) is 18.3 Å². The number of unbranched alkanes of at least 4 members (excludes halogenated alkanes) is 1. The smallest absolute Gasteiger partial charge is 0.331 e. The van der Waals surface area contributed by atoms with Crippen molar-refractivity contribution in [3.8, 4) is 16.9 Å². The molecule has 4 heteroatoms.